The molecule has 2 atom stereocenters. The maximum atomic E-state index is 12.6. The Morgan fingerprint density at radius 3 is 2.67 bits per heavy atom. The second kappa shape index (κ2) is 7.45. The van der Waals surface area contributed by atoms with E-state index < -0.39 is 0 Å². The Morgan fingerprint density at radius 2 is 2.04 bits per heavy atom. The number of hydrogen-bond acceptors (Lipinski definition) is 4. The molecule has 3 rings (SSSR count). The summed E-state index contributed by atoms with van der Waals surface area (Å²) in [6.45, 7) is 5.05. The Kier molecular flexibility index (Phi) is 5.32. The summed E-state index contributed by atoms with van der Waals surface area (Å²) in [5, 5.41) is 0. The van der Waals surface area contributed by atoms with Crippen molar-refractivity contribution in [1.29, 1.82) is 0 Å². The van der Waals surface area contributed by atoms with E-state index in [0.29, 0.717) is 23.3 Å². The first-order valence-electron chi connectivity index (χ1n) is 9.29. The number of carbonyl (C=O) groups excluding carboxylic acids is 1. The van der Waals surface area contributed by atoms with Crippen molar-refractivity contribution in [3.8, 4) is 5.75 Å². The van der Waals surface area contributed by atoms with E-state index in [-0.39, 0.29) is 18.0 Å². The molecule has 1 aromatic rings. The Balaban J connectivity index is 1.75. The molecule has 2 N–H and O–H groups in total. The number of nitrogen functional groups attached to an aromatic ring is 1. The zero-order valence-electron chi connectivity index (χ0n) is 14.8. The lowest BCUT2D eigenvalue weighted by Crippen LogP contribution is -2.19. The first-order chi connectivity index (χ1) is 11.6. The number of carbonyl (C=O) groups is 1. The number of nitrogens with two attached hydrogens (primary N) is 1. The molecule has 2 unspecified atom stereocenters. The van der Waals surface area contributed by atoms with E-state index in [1.54, 1.807) is 0 Å². The average Bonchev–Trinajstić information content (AvgIpc) is 3.46. The van der Waals surface area contributed by atoms with E-state index in [4.69, 9.17) is 15.2 Å². The molecular weight excluding hydrogens is 302 g/mol. The van der Waals surface area contributed by atoms with Crippen molar-refractivity contribution in [2.45, 2.75) is 64.4 Å². The number of rotatable bonds is 9. The fraction of sp³-hybridized carbons (Fsp3) is 0.650. The highest BCUT2D eigenvalue weighted by atomic mass is 16.5. The molecule has 0 aliphatic heterocycles. The minimum atomic E-state index is -0.232. The quantitative estimate of drug-likeness (QED) is 0.542. The number of ether oxygens (including phenoxy) is 2. The first kappa shape index (κ1) is 17.1. The molecule has 0 saturated heterocycles. The average molecular weight is 331 g/mol. The molecule has 2 aliphatic carbocycles. The molecule has 0 amide bonds. The number of hydrogen-bond donors (Lipinski definition) is 1. The van der Waals surface area contributed by atoms with Crippen LogP contribution in [-0.2, 0) is 9.53 Å². The third-order valence-electron chi connectivity index (χ3n) is 5.04. The molecule has 2 aliphatic rings. The minimum Gasteiger partial charge on any atom is -0.491 e. The van der Waals surface area contributed by atoms with Gasteiger partial charge in [0.2, 0.25) is 0 Å². The van der Waals surface area contributed by atoms with Gasteiger partial charge >= 0.3 is 5.97 Å². The van der Waals surface area contributed by atoms with E-state index in [2.05, 4.69) is 13.8 Å². The molecule has 0 heterocycles. The van der Waals surface area contributed by atoms with Gasteiger partial charge in [-0.05, 0) is 61.6 Å². The smallest absolute Gasteiger partial charge is 0.313 e. The van der Waals surface area contributed by atoms with E-state index in [1.165, 1.54) is 12.8 Å². The lowest BCUT2D eigenvalue weighted by Gasteiger charge is -2.21. The van der Waals surface area contributed by atoms with Crippen LogP contribution < -0.4 is 10.5 Å². The van der Waals surface area contributed by atoms with E-state index in [9.17, 15) is 4.79 Å². The second-order valence-corrected chi connectivity index (χ2v) is 7.49. The molecule has 2 fully saturated rings. The molecule has 4 nitrogen and oxygen atoms in total. The van der Waals surface area contributed by atoms with Crippen molar-refractivity contribution in [1.82, 2.24) is 0 Å². The van der Waals surface area contributed by atoms with Gasteiger partial charge in [-0.25, -0.2) is 0 Å². The molecular formula is C20H29NO3. The summed E-state index contributed by atoms with van der Waals surface area (Å²) in [6, 6.07) is 5.74. The van der Waals surface area contributed by atoms with E-state index in [1.807, 2.05) is 18.2 Å². The fourth-order valence-corrected chi connectivity index (χ4v) is 2.75. The van der Waals surface area contributed by atoms with Crippen LogP contribution in [0.25, 0.3) is 0 Å². The standard InChI is InChI=1S/C20H29NO3/c1-3-13(2)10-17(20(22)24-16-7-8-16)15-6-9-18(21)19(11-15)23-12-14-4-5-14/h6,9,11,13-14,16-17H,3-5,7-8,10,12,21H2,1-2H3. The molecule has 0 spiro atoms. The van der Waals surface area contributed by atoms with Gasteiger partial charge in [0, 0.05) is 0 Å². The van der Waals surface area contributed by atoms with Crippen LogP contribution in [0, 0.1) is 11.8 Å². The maximum Gasteiger partial charge on any atom is 0.313 e. The van der Waals surface area contributed by atoms with Crippen molar-refractivity contribution in [3.63, 3.8) is 0 Å². The third kappa shape index (κ3) is 4.65. The third-order valence-corrected chi connectivity index (χ3v) is 5.04. The highest BCUT2D eigenvalue weighted by molar-refractivity contribution is 5.79. The summed E-state index contributed by atoms with van der Waals surface area (Å²) in [5.74, 6) is 1.51. The molecule has 24 heavy (non-hydrogen) atoms. The van der Waals surface area contributed by atoms with Crippen LogP contribution in [-0.4, -0.2) is 18.7 Å². The normalized spacial score (nSPS) is 19.6. The van der Waals surface area contributed by atoms with E-state index >= 15 is 0 Å². The summed E-state index contributed by atoms with van der Waals surface area (Å²) in [7, 11) is 0. The van der Waals surface area contributed by atoms with Crippen molar-refractivity contribution < 1.29 is 14.3 Å². The number of esters is 1. The van der Waals surface area contributed by atoms with Crippen molar-refractivity contribution in [2.75, 3.05) is 12.3 Å². The van der Waals surface area contributed by atoms with E-state index in [0.717, 1.165) is 37.9 Å². The molecule has 0 radical (unpaired) electrons. The van der Waals surface area contributed by atoms with Crippen LogP contribution in [0.3, 0.4) is 0 Å². The van der Waals surface area contributed by atoms with Crippen LogP contribution in [0.15, 0.2) is 18.2 Å². The van der Waals surface area contributed by atoms with Gasteiger partial charge in [0.25, 0.3) is 0 Å². The molecule has 2 saturated carbocycles. The van der Waals surface area contributed by atoms with Gasteiger partial charge in [0.05, 0.1) is 18.2 Å². The molecule has 4 heteroatoms. The van der Waals surface area contributed by atoms with Crippen LogP contribution in [0.4, 0.5) is 5.69 Å². The lowest BCUT2D eigenvalue weighted by molar-refractivity contribution is -0.147. The van der Waals surface area contributed by atoms with Crippen LogP contribution in [0.1, 0.15) is 63.9 Å². The SMILES string of the molecule is CCC(C)CC(C(=O)OC1CC1)c1ccc(N)c(OCC2CC2)c1. The van der Waals surface area contributed by atoms with Gasteiger partial charge in [-0.1, -0.05) is 26.3 Å². The van der Waals surface area contributed by atoms with Crippen LogP contribution in [0.5, 0.6) is 5.75 Å². The second-order valence-electron chi connectivity index (χ2n) is 7.49. The molecule has 1 aromatic carbocycles. The fourth-order valence-electron chi connectivity index (χ4n) is 2.75. The zero-order chi connectivity index (χ0) is 17.1. The summed E-state index contributed by atoms with van der Waals surface area (Å²) in [5.41, 5.74) is 7.64. The lowest BCUT2D eigenvalue weighted by atomic mass is 9.88. The van der Waals surface area contributed by atoms with Gasteiger partial charge < -0.3 is 15.2 Å². The summed E-state index contributed by atoms with van der Waals surface area (Å²) in [4.78, 5) is 12.6. The highest BCUT2D eigenvalue weighted by Gasteiger charge is 2.32. The van der Waals surface area contributed by atoms with Gasteiger partial charge in [-0.15, -0.1) is 0 Å². The summed E-state index contributed by atoms with van der Waals surface area (Å²) >= 11 is 0. The van der Waals surface area contributed by atoms with Gasteiger partial charge in [0.15, 0.2) is 0 Å². The largest absolute Gasteiger partial charge is 0.491 e. The highest BCUT2D eigenvalue weighted by Crippen LogP contribution is 2.35. The maximum absolute atomic E-state index is 12.6. The van der Waals surface area contributed by atoms with Gasteiger partial charge in [-0.2, -0.15) is 0 Å². The van der Waals surface area contributed by atoms with Crippen molar-refractivity contribution in [3.05, 3.63) is 23.8 Å². The summed E-state index contributed by atoms with van der Waals surface area (Å²) in [6.07, 6.45) is 6.46. The Morgan fingerprint density at radius 1 is 1.29 bits per heavy atom. The Hall–Kier alpha value is -1.71. The zero-order valence-corrected chi connectivity index (χ0v) is 14.8. The van der Waals surface area contributed by atoms with Crippen LogP contribution in [0.2, 0.25) is 0 Å². The van der Waals surface area contributed by atoms with Gasteiger partial charge in [0.1, 0.15) is 11.9 Å². The minimum absolute atomic E-state index is 0.101. The van der Waals surface area contributed by atoms with Gasteiger partial charge in [-0.3, -0.25) is 4.79 Å². The number of benzene rings is 1. The van der Waals surface area contributed by atoms with Crippen molar-refractivity contribution >= 4 is 11.7 Å². The topological polar surface area (TPSA) is 61.5 Å². The summed E-state index contributed by atoms with van der Waals surface area (Å²) < 4.78 is 11.5. The molecule has 132 valence electrons. The Labute approximate surface area is 144 Å². The molecule has 0 aromatic heterocycles. The Bertz CT molecular complexity index is 578. The first-order valence-corrected chi connectivity index (χ1v) is 9.29. The van der Waals surface area contributed by atoms with Crippen molar-refractivity contribution in [2.24, 2.45) is 11.8 Å². The predicted octanol–water partition coefficient (Wildman–Crippen LogP) is 4.28. The monoisotopic (exact) mass is 331 g/mol. The van der Waals surface area contributed by atoms with Crippen LogP contribution >= 0.6 is 0 Å². The molecule has 0 bridgehead atoms. The number of anilines is 1. The predicted molar refractivity (Wildman–Crippen MR) is 95.0 cm³/mol.